The van der Waals surface area contributed by atoms with Crippen molar-refractivity contribution in [2.45, 2.75) is 13.0 Å². The van der Waals surface area contributed by atoms with E-state index in [-0.39, 0.29) is 12.3 Å². The lowest BCUT2D eigenvalue weighted by atomic mass is 10.2. The number of halogens is 1. The Bertz CT molecular complexity index is 901. The van der Waals surface area contributed by atoms with Crippen LogP contribution in [0.1, 0.15) is 6.92 Å². The smallest absolute Gasteiger partial charge is 0.267 e. The fourth-order valence-electron chi connectivity index (χ4n) is 2.53. The minimum absolute atomic E-state index is 0.0556. The van der Waals surface area contributed by atoms with E-state index >= 15 is 0 Å². The Morgan fingerprint density at radius 2 is 1.92 bits per heavy atom. The van der Waals surface area contributed by atoms with Crippen LogP contribution in [0, 0.1) is 0 Å². The van der Waals surface area contributed by atoms with E-state index < -0.39 is 22.0 Å². The number of anilines is 2. The molecule has 2 aromatic rings. The second-order valence-electron chi connectivity index (χ2n) is 5.47. The summed E-state index contributed by atoms with van der Waals surface area (Å²) in [6.45, 7) is 1.51. The molecule has 2 aromatic carbocycles. The average molecular weight is 425 g/mol. The SMILES string of the molecule is CCS(=O)(=O)N1CC(C(=O)Nc2ccccc2Br)Oc2ccccc21. The number of sulfonamides is 1. The molecule has 1 unspecified atom stereocenters. The van der Waals surface area contributed by atoms with E-state index in [2.05, 4.69) is 21.2 Å². The van der Waals surface area contributed by atoms with Gasteiger partial charge in [-0.15, -0.1) is 0 Å². The number of carbonyl (C=O) groups excluding carboxylic acids is 1. The maximum absolute atomic E-state index is 12.6. The van der Waals surface area contributed by atoms with Gasteiger partial charge < -0.3 is 10.1 Å². The molecule has 3 rings (SSSR count). The molecule has 0 fully saturated rings. The average Bonchev–Trinajstić information content (AvgIpc) is 2.62. The van der Waals surface area contributed by atoms with Crippen LogP contribution in [0.4, 0.5) is 11.4 Å². The monoisotopic (exact) mass is 424 g/mol. The maximum atomic E-state index is 12.6. The minimum atomic E-state index is -3.52. The van der Waals surface area contributed by atoms with Gasteiger partial charge in [0.2, 0.25) is 10.0 Å². The van der Waals surface area contributed by atoms with Gasteiger partial charge in [0.15, 0.2) is 6.10 Å². The Balaban J connectivity index is 1.89. The largest absolute Gasteiger partial charge is 0.476 e. The third kappa shape index (κ3) is 3.64. The molecule has 1 aliphatic rings. The summed E-state index contributed by atoms with van der Waals surface area (Å²) in [6.07, 6.45) is -0.941. The molecule has 0 bridgehead atoms. The highest BCUT2D eigenvalue weighted by atomic mass is 79.9. The first kappa shape index (κ1) is 17.8. The third-order valence-corrected chi connectivity index (χ3v) is 6.30. The van der Waals surface area contributed by atoms with Gasteiger partial charge in [-0.2, -0.15) is 0 Å². The van der Waals surface area contributed by atoms with Crippen molar-refractivity contribution in [1.29, 1.82) is 0 Å². The Kier molecular flexibility index (Phi) is 5.01. The Morgan fingerprint density at radius 1 is 1.24 bits per heavy atom. The first-order valence-electron chi connectivity index (χ1n) is 7.74. The molecule has 1 N–H and O–H groups in total. The van der Waals surface area contributed by atoms with Crippen LogP contribution in [-0.2, 0) is 14.8 Å². The maximum Gasteiger partial charge on any atom is 0.267 e. The van der Waals surface area contributed by atoms with E-state index in [0.717, 1.165) is 4.47 Å². The Labute approximate surface area is 155 Å². The minimum Gasteiger partial charge on any atom is -0.476 e. The van der Waals surface area contributed by atoms with Crippen molar-refractivity contribution in [3.8, 4) is 5.75 Å². The summed E-state index contributed by atoms with van der Waals surface area (Å²) in [5.74, 6) is -0.0874. The van der Waals surface area contributed by atoms with Crippen LogP contribution in [0.3, 0.4) is 0 Å². The highest BCUT2D eigenvalue weighted by Crippen LogP contribution is 2.35. The second-order valence-corrected chi connectivity index (χ2v) is 8.51. The summed E-state index contributed by atoms with van der Waals surface area (Å²) < 4.78 is 32.6. The molecule has 0 saturated carbocycles. The van der Waals surface area contributed by atoms with E-state index in [1.165, 1.54) is 4.31 Å². The molecule has 1 heterocycles. The van der Waals surface area contributed by atoms with Gasteiger partial charge in [-0.25, -0.2) is 8.42 Å². The lowest BCUT2D eigenvalue weighted by Gasteiger charge is -2.34. The van der Waals surface area contributed by atoms with Crippen molar-refractivity contribution < 1.29 is 17.9 Å². The van der Waals surface area contributed by atoms with E-state index in [9.17, 15) is 13.2 Å². The number of hydrogen-bond donors (Lipinski definition) is 1. The zero-order valence-electron chi connectivity index (χ0n) is 13.5. The van der Waals surface area contributed by atoms with E-state index in [1.807, 2.05) is 6.07 Å². The van der Waals surface area contributed by atoms with Gasteiger partial charge in [-0.05, 0) is 47.1 Å². The highest BCUT2D eigenvalue weighted by molar-refractivity contribution is 9.10. The van der Waals surface area contributed by atoms with Gasteiger partial charge in [-0.3, -0.25) is 9.10 Å². The number of benzene rings is 2. The van der Waals surface area contributed by atoms with Crippen molar-refractivity contribution in [3.63, 3.8) is 0 Å². The van der Waals surface area contributed by atoms with Crippen molar-refractivity contribution in [3.05, 3.63) is 53.0 Å². The number of carbonyl (C=O) groups is 1. The number of ether oxygens (including phenoxy) is 1. The topological polar surface area (TPSA) is 75.7 Å². The molecule has 1 amide bonds. The quantitative estimate of drug-likeness (QED) is 0.818. The van der Waals surface area contributed by atoms with Crippen LogP contribution >= 0.6 is 15.9 Å². The van der Waals surface area contributed by atoms with Gasteiger partial charge in [0, 0.05) is 4.47 Å². The molecular formula is C17H17BrN2O4S. The van der Waals surface area contributed by atoms with Gasteiger partial charge in [-0.1, -0.05) is 24.3 Å². The fourth-order valence-corrected chi connectivity index (χ4v) is 4.04. The second kappa shape index (κ2) is 7.05. The Hall–Kier alpha value is -2.06. The van der Waals surface area contributed by atoms with Crippen LogP contribution in [0.2, 0.25) is 0 Å². The molecule has 0 saturated heterocycles. The molecule has 8 heteroatoms. The lowest BCUT2D eigenvalue weighted by molar-refractivity contribution is -0.122. The van der Waals surface area contributed by atoms with E-state index in [4.69, 9.17) is 4.74 Å². The number of para-hydroxylation sites is 3. The fraction of sp³-hybridized carbons (Fsp3) is 0.235. The zero-order chi connectivity index (χ0) is 18.0. The summed E-state index contributed by atoms with van der Waals surface area (Å²) >= 11 is 3.37. The number of hydrogen-bond acceptors (Lipinski definition) is 4. The summed E-state index contributed by atoms with van der Waals surface area (Å²) in [4.78, 5) is 12.6. The first-order chi connectivity index (χ1) is 11.9. The van der Waals surface area contributed by atoms with E-state index in [1.54, 1.807) is 49.4 Å². The van der Waals surface area contributed by atoms with Crippen molar-refractivity contribution in [2.24, 2.45) is 0 Å². The van der Waals surface area contributed by atoms with Gasteiger partial charge in [0.25, 0.3) is 5.91 Å². The Morgan fingerprint density at radius 3 is 2.64 bits per heavy atom. The van der Waals surface area contributed by atoms with Crippen LogP contribution in [0.15, 0.2) is 53.0 Å². The zero-order valence-corrected chi connectivity index (χ0v) is 15.9. The number of amides is 1. The summed E-state index contributed by atoms with van der Waals surface area (Å²) in [5, 5.41) is 2.77. The number of nitrogens with zero attached hydrogens (tertiary/aromatic N) is 1. The third-order valence-electron chi connectivity index (χ3n) is 3.86. The molecule has 1 aliphatic heterocycles. The van der Waals surface area contributed by atoms with Crippen LogP contribution < -0.4 is 14.4 Å². The predicted octanol–water partition coefficient (Wildman–Crippen LogP) is 3.00. The first-order valence-corrected chi connectivity index (χ1v) is 10.1. The molecule has 132 valence electrons. The number of fused-ring (bicyclic) bond motifs is 1. The molecule has 6 nitrogen and oxygen atoms in total. The van der Waals surface area contributed by atoms with Gasteiger partial charge in [0.05, 0.1) is 23.7 Å². The standard InChI is InChI=1S/C17H17BrN2O4S/c1-2-25(22,23)20-11-16(24-15-10-6-5-9-14(15)20)17(21)19-13-8-4-3-7-12(13)18/h3-10,16H,2,11H2,1H3,(H,19,21). The molecule has 0 radical (unpaired) electrons. The van der Waals surface area contributed by atoms with Gasteiger partial charge >= 0.3 is 0 Å². The van der Waals surface area contributed by atoms with E-state index in [0.29, 0.717) is 17.1 Å². The van der Waals surface area contributed by atoms with Crippen molar-refractivity contribution in [1.82, 2.24) is 0 Å². The highest BCUT2D eigenvalue weighted by Gasteiger charge is 2.36. The summed E-state index contributed by atoms with van der Waals surface area (Å²) in [6, 6.07) is 14.0. The van der Waals surface area contributed by atoms with Crippen LogP contribution in [0.25, 0.3) is 0 Å². The van der Waals surface area contributed by atoms with Gasteiger partial charge in [0.1, 0.15) is 5.75 Å². The molecule has 1 atom stereocenters. The molecule has 0 spiro atoms. The van der Waals surface area contributed by atoms with Crippen molar-refractivity contribution >= 4 is 43.2 Å². The normalized spacial score (nSPS) is 16.7. The number of rotatable bonds is 4. The number of nitrogens with one attached hydrogen (secondary N) is 1. The molecular weight excluding hydrogens is 408 g/mol. The molecule has 25 heavy (non-hydrogen) atoms. The molecule has 0 aromatic heterocycles. The van der Waals surface area contributed by atoms with Crippen LogP contribution in [0.5, 0.6) is 5.75 Å². The van der Waals surface area contributed by atoms with Crippen LogP contribution in [-0.4, -0.2) is 32.7 Å². The van der Waals surface area contributed by atoms with Crippen molar-refractivity contribution in [2.75, 3.05) is 21.9 Å². The summed E-state index contributed by atoms with van der Waals surface area (Å²) in [5.41, 5.74) is 1.05. The summed E-state index contributed by atoms with van der Waals surface area (Å²) in [7, 11) is -3.52. The predicted molar refractivity (Wildman–Crippen MR) is 100 cm³/mol. The molecule has 0 aliphatic carbocycles. The lowest BCUT2D eigenvalue weighted by Crippen LogP contribution is -2.49.